The minimum atomic E-state index is -0.232. The summed E-state index contributed by atoms with van der Waals surface area (Å²) in [7, 11) is 0. The molecule has 0 saturated heterocycles. The number of nitrogens with one attached hydrogen (secondary N) is 1. The molecule has 0 spiro atoms. The van der Waals surface area contributed by atoms with E-state index in [0.717, 1.165) is 31.1 Å². The van der Waals surface area contributed by atoms with Crippen LogP contribution in [-0.2, 0) is 13.0 Å². The summed E-state index contributed by atoms with van der Waals surface area (Å²) in [6.45, 7) is 0.960. The zero-order chi connectivity index (χ0) is 14.9. The molecule has 2 aliphatic heterocycles. The Kier molecular flexibility index (Phi) is 3.18. The molecular weight excluding hydrogens is 281 g/mol. The summed E-state index contributed by atoms with van der Waals surface area (Å²) in [4.78, 5) is 2.18. The molecule has 0 bridgehead atoms. The van der Waals surface area contributed by atoms with Crippen molar-refractivity contribution in [3.05, 3.63) is 59.4 Å². The number of rotatable bonds is 3. The first-order valence-corrected chi connectivity index (χ1v) is 7.37. The first-order valence-electron chi connectivity index (χ1n) is 7.37. The number of hydrogen-bond acceptors (Lipinski definition) is 4. The van der Waals surface area contributed by atoms with Crippen molar-refractivity contribution >= 4 is 11.5 Å². The summed E-state index contributed by atoms with van der Waals surface area (Å²) in [5.41, 5.74) is 6.00. The summed E-state index contributed by atoms with van der Waals surface area (Å²) in [5.74, 6) is 1.63. The van der Waals surface area contributed by atoms with Crippen molar-refractivity contribution in [3.8, 4) is 5.75 Å². The standard InChI is InChI=1S/C17H16FN3O/c18-15-4-2-1-3-13(15)10-22-14-6-7-16-12(9-14)5-8-17-20-19-11-21(16)17/h1-4,6-7,9,19H,5,8,10-11H2. The third kappa shape index (κ3) is 2.28. The Hall–Kier alpha value is -2.56. The molecule has 0 fully saturated rings. The Morgan fingerprint density at radius 3 is 3.00 bits per heavy atom. The van der Waals surface area contributed by atoms with Gasteiger partial charge in [-0.2, -0.15) is 5.10 Å². The van der Waals surface area contributed by atoms with Gasteiger partial charge in [-0.05, 0) is 36.2 Å². The Bertz CT molecular complexity index is 744. The van der Waals surface area contributed by atoms with Crippen molar-refractivity contribution in [2.45, 2.75) is 19.4 Å². The van der Waals surface area contributed by atoms with Crippen molar-refractivity contribution in [3.63, 3.8) is 0 Å². The Labute approximate surface area is 128 Å². The molecule has 2 aliphatic rings. The fourth-order valence-electron chi connectivity index (χ4n) is 2.90. The predicted molar refractivity (Wildman–Crippen MR) is 83.4 cm³/mol. The van der Waals surface area contributed by atoms with Crippen LogP contribution in [0.2, 0.25) is 0 Å². The lowest BCUT2D eigenvalue weighted by molar-refractivity contribution is 0.299. The van der Waals surface area contributed by atoms with E-state index in [1.54, 1.807) is 12.1 Å². The number of benzene rings is 2. The largest absolute Gasteiger partial charge is 0.489 e. The van der Waals surface area contributed by atoms with Gasteiger partial charge >= 0.3 is 0 Å². The molecule has 0 atom stereocenters. The molecule has 4 rings (SSSR count). The first kappa shape index (κ1) is 13.1. The average molecular weight is 297 g/mol. The molecule has 0 amide bonds. The normalized spacial score (nSPS) is 15.7. The second-order valence-electron chi connectivity index (χ2n) is 5.44. The van der Waals surface area contributed by atoms with Crippen molar-refractivity contribution in [1.82, 2.24) is 5.43 Å². The van der Waals surface area contributed by atoms with E-state index in [2.05, 4.69) is 15.4 Å². The number of hydrogen-bond donors (Lipinski definition) is 1. The van der Waals surface area contributed by atoms with Crippen molar-refractivity contribution in [2.24, 2.45) is 5.10 Å². The number of fused-ring (bicyclic) bond motifs is 3. The van der Waals surface area contributed by atoms with Gasteiger partial charge in [-0.25, -0.2) is 4.39 Å². The second kappa shape index (κ2) is 5.33. The highest BCUT2D eigenvalue weighted by Crippen LogP contribution is 2.32. The van der Waals surface area contributed by atoms with E-state index in [0.29, 0.717) is 5.56 Å². The van der Waals surface area contributed by atoms with Crippen molar-refractivity contribution < 1.29 is 9.13 Å². The van der Waals surface area contributed by atoms with E-state index in [-0.39, 0.29) is 12.4 Å². The van der Waals surface area contributed by atoms with Gasteiger partial charge in [-0.15, -0.1) is 0 Å². The number of aryl methyl sites for hydroxylation is 1. The molecule has 0 radical (unpaired) electrons. The minimum absolute atomic E-state index is 0.232. The van der Waals surface area contributed by atoms with Crippen LogP contribution in [0.15, 0.2) is 47.6 Å². The number of nitrogens with zero attached hydrogens (tertiary/aromatic N) is 2. The molecule has 2 aromatic carbocycles. The topological polar surface area (TPSA) is 36.9 Å². The molecule has 112 valence electrons. The highest BCUT2D eigenvalue weighted by Gasteiger charge is 2.25. The molecule has 2 aromatic rings. The fourth-order valence-corrected chi connectivity index (χ4v) is 2.90. The van der Waals surface area contributed by atoms with Crippen molar-refractivity contribution in [1.29, 1.82) is 0 Å². The lowest BCUT2D eigenvalue weighted by atomic mass is 10.0. The number of halogens is 1. The number of hydrazone groups is 1. The van der Waals surface area contributed by atoms with Gasteiger partial charge in [-0.1, -0.05) is 18.2 Å². The maximum absolute atomic E-state index is 13.6. The third-order valence-electron chi connectivity index (χ3n) is 4.06. The van der Waals surface area contributed by atoms with Crippen molar-refractivity contribution in [2.75, 3.05) is 11.6 Å². The Morgan fingerprint density at radius 1 is 1.18 bits per heavy atom. The molecule has 1 N–H and O–H groups in total. The number of amidine groups is 1. The van der Waals surface area contributed by atoms with Crippen LogP contribution < -0.4 is 15.1 Å². The molecule has 2 heterocycles. The summed E-state index contributed by atoms with van der Waals surface area (Å²) >= 11 is 0. The second-order valence-corrected chi connectivity index (χ2v) is 5.44. The SMILES string of the molecule is Fc1ccccc1COc1ccc2c(c1)CCC1=NNCN12. The van der Waals surface area contributed by atoms with Crippen LogP contribution in [0, 0.1) is 5.82 Å². The first-order chi connectivity index (χ1) is 10.8. The van der Waals surface area contributed by atoms with Gasteiger partial charge in [0.1, 0.15) is 30.7 Å². The van der Waals surface area contributed by atoms with Gasteiger partial charge in [-0.3, -0.25) is 5.43 Å². The zero-order valence-corrected chi connectivity index (χ0v) is 12.1. The molecule has 4 nitrogen and oxygen atoms in total. The van der Waals surface area contributed by atoms with E-state index in [9.17, 15) is 4.39 Å². The summed E-state index contributed by atoms with van der Waals surface area (Å²) < 4.78 is 19.4. The van der Waals surface area contributed by atoms with Gasteiger partial charge in [0.05, 0.1) is 0 Å². The average Bonchev–Trinajstić information content (AvgIpc) is 3.03. The van der Waals surface area contributed by atoms with Crippen LogP contribution in [0.25, 0.3) is 0 Å². The van der Waals surface area contributed by atoms with Gasteiger partial charge in [0.2, 0.25) is 0 Å². The van der Waals surface area contributed by atoms with Crippen LogP contribution in [0.3, 0.4) is 0 Å². The Morgan fingerprint density at radius 2 is 2.09 bits per heavy atom. The third-order valence-corrected chi connectivity index (χ3v) is 4.06. The molecule has 0 aromatic heterocycles. The Balaban J connectivity index is 1.53. The zero-order valence-electron chi connectivity index (χ0n) is 12.1. The van der Waals surface area contributed by atoms with E-state index < -0.39 is 0 Å². The van der Waals surface area contributed by atoms with Gasteiger partial charge in [0.25, 0.3) is 0 Å². The molecule has 5 heteroatoms. The molecule has 22 heavy (non-hydrogen) atoms. The van der Waals surface area contributed by atoms with E-state index in [1.807, 2.05) is 24.3 Å². The smallest absolute Gasteiger partial charge is 0.131 e. The summed E-state index contributed by atoms with van der Waals surface area (Å²) in [6, 6.07) is 12.7. The van der Waals surface area contributed by atoms with E-state index in [4.69, 9.17) is 4.74 Å². The van der Waals surface area contributed by atoms with Crippen LogP contribution in [0.5, 0.6) is 5.75 Å². The lowest BCUT2D eigenvalue weighted by Crippen LogP contribution is -2.33. The van der Waals surface area contributed by atoms with Gasteiger partial charge in [0.15, 0.2) is 0 Å². The fraction of sp³-hybridized carbons (Fsp3) is 0.235. The predicted octanol–water partition coefficient (Wildman–Crippen LogP) is 3.03. The molecule has 0 saturated carbocycles. The minimum Gasteiger partial charge on any atom is -0.489 e. The maximum atomic E-state index is 13.6. The molecule has 0 aliphatic carbocycles. The number of anilines is 1. The molecular formula is C17H16FN3O. The van der Waals surface area contributed by atoms with E-state index >= 15 is 0 Å². The van der Waals surface area contributed by atoms with Gasteiger partial charge < -0.3 is 9.64 Å². The lowest BCUT2D eigenvalue weighted by Gasteiger charge is -2.27. The monoisotopic (exact) mass is 297 g/mol. The van der Waals surface area contributed by atoms with Crippen LogP contribution in [-0.4, -0.2) is 12.5 Å². The van der Waals surface area contributed by atoms with E-state index in [1.165, 1.54) is 17.3 Å². The van der Waals surface area contributed by atoms with Crippen LogP contribution >= 0.6 is 0 Å². The summed E-state index contributed by atoms with van der Waals surface area (Å²) in [6.07, 6.45) is 1.88. The number of ether oxygens (including phenoxy) is 1. The van der Waals surface area contributed by atoms with Crippen LogP contribution in [0.4, 0.5) is 10.1 Å². The quantitative estimate of drug-likeness (QED) is 0.946. The highest BCUT2D eigenvalue weighted by atomic mass is 19.1. The maximum Gasteiger partial charge on any atom is 0.131 e. The van der Waals surface area contributed by atoms with Gasteiger partial charge in [0, 0.05) is 17.7 Å². The summed E-state index contributed by atoms with van der Waals surface area (Å²) in [5, 5.41) is 4.28. The molecule has 0 unspecified atom stereocenters. The van der Waals surface area contributed by atoms with Crippen LogP contribution in [0.1, 0.15) is 17.5 Å². The highest BCUT2D eigenvalue weighted by molar-refractivity contribution is 6.01.